The van der Waals surface area contributed by atoms with E-state index in [0.717, 1.165) is 0 Å². The van der Waals surface area contributed by atoms with E-state index in [2.05, 4.69) is 17.6 Å². The number of hydrogen-bond donors (Lipinski definition) is 3. The summed E-state index contributed by atoms with van der Waals surface area (Å²) in [6.45, 7) is 2.05. The van der Waals surface area contributed by atoms with Crippen LogP contribution in [0.15, 0.2) is 36.0 Å². The van der Waals surface area contributed by atoms with Crippen LogP contribution in [0.25, 0.3) is 0 Å². The van der Waals surface area contributed by atoms with Crippen molar-refractivity contribution in [3.63, 3.8) is 0 Å². The Balaban J connectivity index is 1.86. The lowest BCUT2D eigenvalue weighted by molar-refractivity contribution is 0.100. The van der Waals surface area contributed by atoms with Crippen molar-refractivity contribution in [1.82, 2.24) is 5.32 Å². The second kappa shape index (κ2) is 6.92. The average molecular weight is 287 g/mol. The van der Waals surface area contributed by atoms with E-state index in [0.29, 0.717) is 17.2 Å². The first-order valence-corrected chi connectivity index (χ1v) is 7.20. The van der Waals surface area contributed by atoms with Crippen LogP contribution in [0.5, 0.6) is 0 Å². The van der Waals surface area contributed by atoms with Gasteiger partial charge in [-0.1, -0.05) is 18.4 Å². The Hall–Kier alpha value is -2.30. The summed E-state index contributed by atoms with van der Waals surface area (Å²) in [6, 6.07) is 6.16. The lowest BCUT2D eigenvalue weighted by Crippen LogP contribution is -2.24. The third-order valence-electron chi connectivity index (χ3n) is 3.86. The molecule has 0 atom stereocenters. The number of benzene rings is 1. The third-order valence-corrected chi connectivity index (χ3v) is 3.86. The highest BCUT2D eigenvalue weighted by molar-refractivity contribution is 5.94. The topological polar surface area (TPSA) is 84.2 Å². The summed E-state index contributed by atoms with van der Waals surface area (Å²) in [6.07, 6.45) is 6.74. The van der Waals surface area contributed by atoms with Crippen LogP contribution in [0, 0.1) is 5.92 Å². The summed E-state index contributed by atoms with van der Waals surface area (Å²) in [4.78, 5) is 22.7. The van der Waals surface area contributed by atoms with Gasteiger partial charge < -0.3 is 16.4 Å². The largest absolute Gasteiger partial charge is 0.366 e. The van der Waals surface area contributed by atoms with Crippen molar-refractivity contribution < 1.29 is 9.59 Å². The minimum absolute atomic E-state index is 0.292. The SMILES string of the molecule is C/C(=C\NC(=O)Nc1ccc(C(N)=O)cc1)C1CCCC1. The normalized spacial score (nSPS) is 15.8. The van der Waals surface area contributed by atoms with Gasteiger partial charge in [-0.2, -0.15) is 0 Å². The van der Waals surface area contributed by atoms with Crippen molar-refractivity contribution in [3.05, 3.63) is 41.6 Å². The van der Waals surface area contributed by atoms with E-state index in [1.807, 2.05) is 0 Å². The number of amides is 3. The lowest BCUT2D eigenvalue weighted by Gasteiger charge is -2.10. The Morgan fingerprint density at radius 3 is 2.38 bits per heavy atom. The fourth-order valence-electron chi connectivity index (χ4n) is 2.56. The zero-order valence-electron chi connectivity index (χ0n) is 12.2. The molecular weight excluding hydrogens is 266 g/mol. The van der Waals surface area contributed by atoms with Crippen molar-refractivity contribution in [2.45, 2.75) is 32.6 Å². The van der Waals surface area contributed by atoms with Gasteiger partial charge >= 0.3 is 6.03 Å². The van der Waals surface area contributed by atoms with Crippen molar-refractivity contribution in [2.75, 3.05) is 5.32 Å². The predicted octanol–water partition coefficient (Wildman–Crippen LogP) is 3.00. The maximum absolute atomic E-state index is 11.8. The summed E-state index contributed by atoms with van der Waals surface area (Å²) in [5, 5.41) is 5.45. The van der Waals surface area contributed by atoms with Crippen LogP contribution >= 0.6 is 0 Å². The van der Waals surface area contributed by atoms with Gasteiger partial charge in [-0.3, -0.25) is 4.79 Å². The molecule has 5 heteroatoms. The molecule has 1 aromatic carbocycles. The van der Waals surface area contributed by atoms with Crippen LogP contribution < -0.4 is 16.4 Å². The second-order valence-corrected chi connectivity index (χ2v) is 5.41. The number of nitrogens with one attached hydrogen (secondary N) is 2. The number of nitrogens with two attached hydrogens (primary N) is 1. The fraction of sp³-hybridized carbons (Fsp3) is 0.375. The molecule has 0 heterocycles. The highest BCUT2D eigenvalue weighted by Gasteiger charge is 2.16. The number of carbonyl (C=O) groups excluding carboxylic acids is 2. The molecule has 2 rings (SSSR count). The molecule has 4 N–H and O–H groups in total. The lowest BCUT2D eigenvalue weighted by atomic mass is 10.0. The molecule has 0 bridgehead atoms. The van der Waals surface area contributed by atoms with Crippen molar-refractivity contribution >= 4 is 17.6 Å². The second-order valence-electron chi connectivity index (χ2n) is 5.41. The number of primary amides is 1. The molecule has 1 fully saturated rings. The van der Waals surface area contributed by atoms with E-state index in [4.69, 9.17) is 5.73 Å². The van der Waals surface area contributed by atoms with Crippen molar-refractivity contribution in [2.24, 2.45) is 11.7 Å². The highest BCUT2D eigenvalue weighted by atomic mass is 16.2. The smallest absolute Gasteiger partial charge is 0.323 e. The third kappa shape index (κ3) is 4.34. The molecular formula is C16H21N3O2. The van der Waals surface area contributed by atoms with Crippen molar-refractivity contribution in [3.8, 4) is 0 Å². The predicted molar refractivity (Wildman–Crippen MR) is 82.8 cm³/mol. The van der Waals surface area contributed by atoms with Gasteiger partial charge in [-0.05, 0) is 49.9 Å². The number of anilines is 1. The van der Waals surface area contributed by atoms with E-state index in [-0.39, 0.29) is 6.03 Å². The quantitative estimate of drug-likeness (QED) is 0.795. The Morgan fingerprint density at radius 1 is 1.19 bits per heavy atom. The van der Waals surface area contributed by atoms with Crippen LogP contribution in [0.1, 0.15) is 43.0 Å². The molecule has 0 unspecified atom stereocenters. The fourth-order valence-corrected chi connectivity index (χ4v) is 2.56. The van der Waals surface area contributed by atoms with Crippen LogP contribution in [0.3, 0.4) is 0 Å². The van der Waals surface area contributed by atoms with Crippen LogP contribution in [0.2, 0.25) is 0 Å². The number of hydrogen-bond acceptors (Lipinski definition) is 2. The minimum atomic E-state index is -0.485. The molecule has 1 aliphatic rings. The first-order chi connectivity index (χ1) is 10.1. The van der Waals surface area contributed by atoms with Gasteiger partial charge in [0.1, 0.15) is 0 Å². The molecule has 21 heavy (non-hydrogen) atoms. The molecule has 1 saturated carbocycles. The Kier molecular flexibility index (Phi) is 4.98. The summed E-state index contributed by atoms with van der Waals surface area (Å²) in [7, 11) is 0. The molecule has 1 aliphatic carbocycles. The van der Waals surface area contributed by atoms with E-state index >= 15 is 0 Å². The van der Waals surface area contributed by atoms with Gasteiger partial charge in [0.05, 0.1) is 0 Å². The zero-order chi connectivity index (χ0) is 15.2. The monoisotopic (exact) mass is 287 g/mol. The molecule has 5 nitrogen and oxygen atoms in total. The van der Waals surface area contributed by atoms with E-state index in [9.17, 15) is 9.59 Å². The molecule has 3 amide bonds. The molecule has 0 saturated heterocycles. The van der Waals surface area contributed by atoms with Gasteiger partial charge in [0.2, 0.25) is 5.91 Å². The first-order valence-electron chi connectivity index (χ1n) is 7.20. The van der Waals surface area contributed by atoms with Crippen LogP contribution in [-0.2, 0) is 0 Å². The summed E-state index contributed by atoms with van der Waals surface area (Å²) < 4.78 is 0. The van der Waals surface area contributed by atoms with Gasteiger partial charge in [0.15, 0.2) is 0 Å². The average Bonchev–Trinajstić information content (AvgIpc) is 2.99. The molecule has 0 aromatic heterocycles. The summed E-state index contributed by atoms with van der Waals surface area (Å²) in [5.74, 6) is 0.112. The molecule has 0 radical (unpaired) electrons. The van der Waals surface area contributed by atoms with Gasteiger partial charge in [0.25, 0.3) is 0 Å². The van der Waals surface area contributed by atoms with Gasteiger partial charge in [-0.25, -0.2) is 4.79 Å². The van der Waals surface area contributed by atoms with Gasteiger partial charge in [0, 0.05) is 17.5 Å². The van der Waals surface area contributed by atoms with Gasteiger partial charge in [-0.15, -0.1) is 0 Å². The number of allylic oxidation sites excluding steroid dienone is 1. The Morgan fingerprint density at radius 2 is 1.81 bits per heavy atom. The zero-order valence-corrected chi connectivity index (χ0v) is 12.2. The van der Waals surface area contributed by atoms with Crippen molar-refractivity contribution in [1.29, 1.82) is 0 Å². The first kappa shape index (κ1) is 15.1. The van der Waals surface area contributed by atoms with E-state index in [1.165, 1.54) is 31.3 Å². The van der Waals surface area contributed by atoms with E-state index in [1.54, 1.807) is 30.5 Å². The molecule has 0 spiro atoms. The summed E-state index contributed by atoms with van der Waals surface area (Å²) in [5.41, 5.74) is 7.40. The van der Waals surface area contributed by atoms with Crippen LogP contribution in [0.4, 0.5) is 10.5 Å². The summed E-state index contributed by atoms with van der Waals surface area (Å²) >= 11 is 0. The maximum Gasteiger partial charge on any atom is 0.323 e. The number of urea groups is 1. The maximum atomic E-state index is 11.8. The Labute approximate surface area is 124 Å². The standard InChI is InChI=1S/C16H21N3O2/c1-11(12-4-2-3-5-12)10-18-16(21)19-14-8-6-13(7-9-14)15(17)20/h6-10,12H,2-5H2,1H3,(H2,17,20)(H2,18,19,21)/b11-10+. The number of carbonyl (C=O) groups is 2. The van der Waals surface area contributed by atoms with E-state index < -0.39 is 5.91 Å². The Bertz CT molecular complexity index is 543. The molecule has 112 valence electrons. The highest BCUT2D eigenvalue weighted by Crippen LogP contribution is 2.30. The number of rotatable bonds is 4. The molecule has 1 aromatic rings. The van der Waals surface area contributed by atoms with Crippen LogP contribution in [-0.4, -0.2) is 11.9 Å². The minimum Gasteiger partial charge on any atom is -0.366 e. The molecule has 0 aliphatic heterocycles.